The van der Waals surface area contributed by atoms with Crippen LogP contribution in [0.15, 0.2) is 11.4 Å². The molecule has 0 saturated heterocycles. The number of amides is 2. The molecule has 2 N–H and O–H groups in total. The van der Waals surface area contributed by atoms with Crippen molar-refractivity contribution in [3.63, 3.8) is 0 Å². The van der Waals surface area contributed by atoms with E-state index in [0.717, 1.165) is 3.57 Å². The molecule has 0 aliphatic rings. The second kappa shape index (κ2) is 5.45. The highest BCUT2D eigenvalue weighted by atomic mass is 127. The predicted octanol–water partition coefficient (Wildman–Crippen LogP) is 1.22. The van der Waals surface area contributed by atoms with Gasteiger partial charge in [-0.1, -0.05) is 0 Å². The van der Waals surface area contributed by atoms with Crippen LogP contribution in [0.4, 0.5) is 0 Å². The molecule has 1 atom stereocenters. The summed E-state index contributed by atoms with van der Waals surface area (Å²) in [5.41, 5.74) is 0. The number of likely N-dealkylation sites (N-methyl/N-ethyl adjacent to an activating group) is 1. The summed E-state index contributed by atoms with van der Waals surface area (Å²) in [4.78, 5) is 23.5. The highest BCUT2D eigenvalue weighted by Crippen LogP contribution is 2.18. The fraction of sp³-hybridized carbons (Fsp3) is 0.333. The first-order valence-corrected chi connectivity index (χ1v) is 6.27. The second-order valence-corrected chi connectivity index (χ2v) is 4.99. The van der Waals surface area contributed by atoms with Crippen molar-refractivity contribution >= 4 is 45.7 Å². The number of hydrogen-bond acceptors (Lipinski definition) is 3. The molecule has 0 bridgehead atoms. The summed E-state index contributed by atoms with van der Waals surface area (Å²) >= 11 is 3.46. The van der Waals surface area contributed by atoms with Crippen molar-refractivity contribution in [1.82, 2.24) is 10.6 Å². The SMILES string of the molecule is CNC(=O)C(C)NC(=O)c1sccc1I. The van der Waals surface area contributed by atoms with Crippen LogP contribution in [0.2, 0.25) is 0 Å². The maximum absolute atomic E-state index is 11.7. The number of carbonyl (C=O) groups excluding carboxylic acids is 2. The van der Waals surface area contributed by atoms with Crippen molar-refractivity contribution in [3.8, 4) is 0 Å². The molecule has 0 radical (unpaired) electrons. The van der Waals surface area contributed by atoms with Crippen molar-refractivity contribution in [1.29, 1.82) is 0 Å². The maximum atomic E-state index is 11.7. The van der Waals surface area contributed by atoms with E-state index in [2.05, 4.69) is 33.2 Å². The van der Waals surface area contributed by atoms with Crippen LogP contribution < -0.4 is 10.6 Å². The normalized spacial score (nSPS) is 11.9. The number of carbonyl (C=O) groups is 2. The quantitative estimate of drug-likeness (QED) is 0.815. The Balaban J connectivity index is 2.64. The minimum absolute atomic E-state index is 0.199. The molecule has 15 heavy (non-hydrogen) atoms. The molecule has 0 aromatic carbocycles. The lowest BCUT2D eigenvalue weighted by Crippen LogP contribution is -2.43. The van der Waals surface area contributed by atoms with Gasteiger partial charge >= 0.3 is 0 Å². The van der Waals surface area contributed by atoms with Crippen molar-refractivity contribution in [2.24, 2.45) is 0 Å². The molecule has 0 aliphatic heterocycles. The highest BCUT2D eigenvalue weighted by Gasteiger charge is 2.17. The Bertz CT molecular complexity index is 378. The lowest BCUT2D eigenvalue weighted by atomic mass is 10.3. The monoisotopic (exact) mass is 338 g/mol. The number of rotatable bonds is 3. The zero-order valence-corrected chi connectivity index (χ0v) is 11.3. The summed E-state index contributed by atoms with van der Waals surface area (Å²) in [7, 11) is 1.54. The van der Waals surface area contributed by atoms with Crippen LogP contribution >= 0.6 is 33.9 Å². The van der Waals surface area contributed by atoms with Gasteiger partial charge < -0.3 is 10.6 Å². The molecule has 0 aliphatic carbocycles. The van der Waals surface area contributed by atoms with E-state index >= 15 is 0 Å². The standard InChI is InChI=1S/C9H11IN2O2S/c1-5(8(13)11-2)12-9(14)7-6(10)3-4-15-7/h3-5H,1-2H3,(H,11,13)(H,12,14). The molecule has 82 valence electrons. The van der Waals surface area contributed by atoms with Gasteiger partial charge in [-0.25, -0.2) is 0 Å². The third kappa shape index (κ3) is 3.16. The van der Waals surface area contributed by atoms with Crippen LogP contribution in [0.25, 0.3) is 0 Å². The van der Waals surface area contributed by atoms with Gasteiger partial charge in [0.05, 0.1) is 0 Å². The third-order valence-electron chi connectivity index (χ3n) is 1.81. The lowest BCUT2D eigenvalue weighted by molar-refractivity contribution is -0.122. The summed E-state index contributed by atoms with van der Waals surface area (Å²) < 4.78 is 0.902. The van der Waals surface area contributed by atoms with Crippen LogP contribution in [0.3, 0.4) is 0 Å². The van der Waals surface area contributed by atoms with Gasteiger partial charge in [0.1, 0.15) is 10.9 Å². The fourth-order valence-corrected chi connectivity index (χ4v) is 2.74. The second-order valence-electron chi connectivity index (χ2n) is 2.91. The van der Waals surface area contributed by atoms with Gasteiger partial charge in [0.2, 0.25) is 5.91 Å². The minimum Gasteiger partial charge on any atom is -0.357 e. The Hall–Kier alpha value is -0.630. The van der Waals surface area contributed by atoms with E-state index in [4.69, 9.17) is 0 Å². The molecule has 1 aromatic rings. The summed E-state index contributed by atoms with van der Waals surface area (Å²) in [5, 5.41) is 6.95. The maximum Gasteiger partial charge on any atom is 0.263 e. The van der Waals surface area contributed by atoms with Crippen LogP contribution in [-0.2, 0) is 4.79 Å². The Morgan fingerprint density at radius 1 is 1.53 bits per heavy atom. The van der Waals surface area contributed by atoms with E-state index in [0.29, 0.717) is 4.88 Å². The van der Waals surface area contributed by atoms with E-state index in [1.807, 2.05) is 11.4 Å². The lowest BCUT2D eigenvalue weighted by Gasteiger charge is -2.11. The van der Waals surface area contributed by atoms with Crippen LogP contribution in [0, 0.1) is 3.57 Å². The van der Waals surface area contributed by atoms with Crippen LogP contribution in [-0.4, -0.2) is 24.9 Å². The molecule has 1 heterocycles. The molecule has 2 amide bonds. The minimum atomic E-state index is -0.514. The van der Waals surface area contributed by atoms with Gasteiger partial charge in [-0.3, -0.25) is 9.59 Å². The first kappa shape index (κ1) is 12.4. The van der Waals surface area contributed by atoms with Crippen molar-refractivity contribution in [2.75, 3.05) is 7.05 Å². The third-order valence-corrected chi connectivity index (χ3v) is 3.99. The largest absolute Gasteiger partial charge is 0.357 e. The number of hydrogen-bond donors (Lipinski definition) is 2. The van der Waals surface area contributed by atoms with E-state index in [1.54, 1.807) is 14.0 Å². The van der Waals surface area contributed by atoms with Crippen molar-refractivity contribution in [2.45, 2.75) is 13.0 Å². The van der Waals surface area contributed by atoms with E-state index in [9.17, 15) is 9.59 Å². The summed E-state index contributed by atoms with van der Waals surface area (Å²) in [6.07, 6.45) is 0. The summed E-state index contributed by atoms with van der Waals surface area (Å²) in [6, 6.07) is 1.35. The predicted molar refractivity (Wildman–Crippen MR) is 68.0 cm³/mol. The first-order valence-electron chi connectivity index (χ1n) is 4.31. The first-order chi connectivity index (χ1) is 7.06. The zero-order valence-electron chi connectivity index (χ0n) is 8.33. The molecule has 1 aromatic heterocycles. The summed E-state index contributed by atoms with van der Waals surface area (Å²) in [5.74, 6) is -0.402. The van der Waals surface area contributed by atoms with E-state index in [-0.39, 0.29) is 11.8 Å². The molecule has 0 spiro atoms. The molecule has 1 rings (SSSR count). The van der Waals surface area contributed by atoms with E-state index in [1.165, 1.54) is 11.3 Å². The molecule has 1 unspecified atom stereocenters. The number of halogens is 1. The molecular weight excluding hydrogens is 327 g/mol. The van der Waals surface area contributed by atoms with Gasteiger partial charge in [-0.15, -0.1) is 11.3 Å². The highest BCUT2D eigenvalue weighted by molar-refractivity contribution is 14.1. The van der Waals surface area contributed by atoms with Crippen LogP contribution in [0.1, 0.15) is 16.6 Å². The average Bonchev–Trinajstić information content (AvgIpc) is 2.63. The van der Waals surface area contributed by atoms with Crippen LogP contribution in [0.5, 0.6) is 0 Å². The molecule has 0 fully saturated rings. The molecular formula is C9H11IN2O2S. The molecule has 4 nitrogen and oxygen atoms in total. The Kier molecular flexibility index (Phi) is 4.52. The van der Waals surface area contributed by atoms with Crippen molar-refractivity contribution in [3.05, 3.63) is 19.9 Å². The van der Waals surface area contributed by atoms with Gasteiger partial charge in [-0.2, -0.15) is 0 Å². The zero-order chi connectivity index (χ0) is 11.4. The Morgan fingerprint density at radius 3 is 2.67 bits per heavy atom. The Labute approximate surface area is 106 Å². The van der Waals surface area contributed by atoms with Gasteiger partial charge in [-0.05, 0) is 41.0 Å². The van der Waals surface area contributed by atoms with Gasteiger partial charge in [0.15, 0.2) is 0 Å². The average molecular weight is 338 g/mol. The van der Waals surface area contributed by atoms with Crippen molar-refractivity contribution < 1.29 is 9.59 Å². The topological polar surface area (TPSA) is 58.2 Å². The van der Waals surface area contributed by atoms with Gasteiger partial charge in [0.25, 0.3) is 5.91 Å². The summed E-state index contributed by atoms with van der Waals surface area (Å²) in [6.45, 7) is 1.65. The van der Waals surface area contributed by atoms with E-state index < -0.39 is 6.04 Å². The van der Waals surface area contributed by atoms with Gasteiger partial charge in [0, 0.05) is 10.6 Å². The number of thiophene rings is 1. The smallest absolute Gasteiger partial charge is 0.263 e. The number of nitrogens with one attached hydrogen (secondary N) is 2. The fourth-order valence-electron chi connectivity index (χ4n) is 1.000. The molecule has 6 heteroatoms. The molecule has 0 saturated carbocycles. The Morgan fingerprint density at radius 2 is 2.20 bits per heavy atom.